The molecule has 1 aromatic heterocycles. The third-order valence-corrected chi connectivity index (χ3v) is 4.75. The number of aryl methyl sites for hydroxylation is 1. The molecule has 0 atom stereocenters. The number of benzene rings is 3. The van der Waals surface area contributed by atoms with Crippen LogP contribution in [0.25, 0.3) is 32.9 Å². The van der Waals surface area contributed by atoms with E-state index in [0.717, 1.165) is 5.56 Å². The van der Waals surface area contributed by atoms with Crippen LogP contribution in [0.1, 0.15) is 17.3 Å². The molecule has 1 heterocycles. The van der Waals surface area contributed by atoms with E-state index >= 15 is 0 Å². The molecule has 0 saturated heterocycles. The lowest BCUT2D eigenvalue weighted by molar-refractivity contribution is -0.617. The summed E-state index contributed by atoms with van der Waals surface area (Å²) >= 11 is 0. The van der Waals surface area contributed by atoms with Gasteiger partial charge in [-0.25, -0.2) is 4.79 Å². The minimum atomic E-state index is -0.284. The molecule has 4 rings (SSSR count). The average molecular weight is 342 g/mol. The topological polar surface area (TPSA) is 30.2 Å². The maximum absolute atomic E-state index is 11.9. The van der Waals surface area contributed by atoms with Crippen LogP contribution < -0.4 is 4.57 Å². The highest BCUT2D eigenvalue weighted by molar-refractivity contribution is 6.07. The van der Waals surface area contributed by atoms with Gasteiger partial charge in [0.05, 0.1) is 22.9 Å². The fourth-order valence-corrected chi connectivity index (χ4v) is 3.53. The Bertz CT molecular complexity index is 1060. The maximum Gasteiger partial charge on any atom is 0.338 e. The Morgan fingerprint density at radius 3 is 1.92 bits per heavy atom. The van der Waals surface area contributed by atoms with Crippen molar-refractivity contribution >= 4 is 27.8 Å². The summed E-state index contributed by atoms with van der Waals surface area (Å²) in [6.07, 6.45) is 0. The number of para-hydroxylation sites is 2. The number of carbonyl (C=O) groups is 1. The highest BCUT2D eigenvalue weighted by Crippen LogP contribution is 2.33. The monoisotopic (exact) mass is 342 g/mol. The Balaban J connectivity index is 1.98. The van der Waals surface area contributed by atoms with E-state index in [-0.39, 0.29) is 5.97 Å². The standard InChI is InChI=1S/C23H20NO2/c1-3-26-23(25)17-14-12-16(13-15-17)22-18-8-4-6-10-20(18)24(2)21-11-7-5-9-19(21)22/h4-15H,3H2,1-2H3/q+1. The lowest BCUT2D eigenvalue weighted by Gasteiger charge is -2.11. The molecule has 0 unspecified atom stereocenters. The lowest BCUT2D eigenvalue weighted by atomic mass is 9.95. The van der Waals surface area contributed by atoms with Crippen LogP contribution in [-0.4, -0.2) is 12.6 Å². The molecule has 0 fully saturated rings. The van der Waals surface area contributed by atoms with Gasteiger partial charge < -0.3 is 4.74 Å². The summed E-state index contributed by atoms with van der Waals surface area (Å²) < 4.78 is 7.31. The third kappa shape index (κ3) is 2.62. The summed E-state index contributed by atoms with van der Waals surface area (Å²) in [5.41, 5.74) is 5.20. The molecule has 0 aliphatic rings. The highest BCUT2D eigenvalue weighted by Gasteiger charge is 2.18. The quantitative estimate of drug-likeness (QED) is 0.308. The Kier molecular flexibility index (Phi) is 4.13. The van der Waals surface area contributed by atoms with Gasteiger partial charge in [-0.3, -0.25) is 0 Å². The second kappa shape index (κ2) is 6.60. The van der Waals surface area contributed by atoms with Crippen molar-refractivity contribution in [3.05, 3.63) is 78.4 Å². The number of fused-ring (bicyclic) bond motifs is 2. The summed E-state index contributed by atoms with van der Waals surface area (Å²) in [4.78, 5) is 11.9. The molecule has 26 heavy (non-hydrogen) atoms. The Morgan fingerprint density at radius 2 is 1.38 bits per heavy atom. The Hall–Kier alpha value is -3.20. The van der Waals surface area contributed by atoms with Crippen LogP contribution in [0.4, 0.5) is 0 Å². The van der Waals surface area contributed by atoms with E-state index in [1.807, 2.05) is 31.2 Å². The zero-order valence-electron chi connectivity index (χ0n) is 14.9. The molecule has 3 heteroatoms. The first kappa shape index (κ1) is 16.3. The van der Waals surface area contributed by atoms with Gasteiger partial charge in [0.25, 0.3) is 0 Å². The van der Waals surface area contributed by atoms with E-state index in [1.165, 1.54) is 27.4 Å². The molecule has 128 valence electrons. The minimum absolute atomic E-state index is 0.284. The van der Waals surface area contributed by atoms with E-state index in [4.69, 9.17) is 4.74 Å². The number of rotatable bonds is 3. The molecule has 0 radical (unpaired) electrons. The van der Waals surface area contributed by atoms with Gasteiger partial charge in [0.1, 0.15) is 7.05 Å². The van der Waals surface area contributed by atoms with Gasteiger partial charge in [-0.2, -0.15) is 4.57 Å². The van der Waals surface area contributed by atoms with Gasteiger partial charge in [0, 0.05) is 17.7 Å². The van der Waals surface area contributed by atoms with E-state index < -0.39 is 0 Å². The van der Waals surface area contributed by atoms with Gasteiger partial charge in [0.15, 0.2) is 0 Å². The molecule has 0 spiro atoms. The van der Waals surface area contributed by atoms with Crippen molar-refractivity contribution in [2.45, 2.75) is 6.92 Å². The zero-order valence-corrected chi connectivity index (χ0v) is 14.9. The molecule has 0 saturated carbocycles. The predicted molar refractivity (Wildman–Crippen MR) is 104 cm³/mol. The number of carbonyl (C=O) groups excluding carboxylic acids is 1. The van der Waals surface area contributed by atoms with Gasteiger partial charge in [-0.15, -0.1) is 0 Å². The predicted octanol–water partition coefficient (Wildman–Crippen LogP) is 4.66. The Labute approximate surface area is 152 Å². The molecule has 0 amide bonds. The van der Waals surface area contributed by atoms with Crippen molar-refractivity contribution in [3.8, 4) is 11.1 Å². The third-order valence-electron chi connectivity index (χ3n) is 4.75. The summed E-state index contributed by atoms with van der Waals surface area (Å²) in [7, 11) is 2.10. The van der Waals surface area contributed by atoms with Crippen LogP contribution in [0.5, 0.6) is 0 Å². The number of esters is 1. The molecule has 0 N–H and O–H groups in total. The smallest absolute Gasteiger partial charge is 0.338 e. The van der Waals surface area contributed by atoms with Crippen molar-refractivity contribution in [1.29, 1.82) is 0 Å². The van der Waals surface area contributed by atoms with Crippen molar-refractivity contribution in [2.24, 2.45) is 7.05 Å². The average Bonchev–Trinajstić information content (AvgIpc) is 2.69. The van der Waals surface area contributed by atoms with Gasteiger partial charge in [-0.1, -0.05) is 36.4 Å². The van der Waals surface area contributed by atoms with Crippen LogP contribution in [-0.2, 0) is 11.8 Å². The van der Waals surface area contributed by atoms with Crippen LogP contribution in [0, 0.1) is 0 Å². The largest absolute Gasteiger partial charge is 0.462 e. The second-order valence-electron chi connectivity index (χ2n) is 6.27. The first-order valence-electron chi connectivity index (χ1n) is 8.77. The first-order valence-corrected chi connectivity index (χ1v) is 8.77. The zero-order chi connectivity index (χ0) is 18.1. The normalized spacial score (nSPS) is 11.0. The molecule has 3 nitrogen and oxygen atoms in total. The fourth-order valence-electron chi connectivity index (χ4n) is 3.53. The number of pyridine rings is 1. The maximum atomic E-state index is 11.9. The molecule has 0 aliphatic heterocycles. The van der Waals surface area contributed by atoms with Crippen molar-refractivity contribution in [1.82, 2.24) is 0 Å². The van der Waals surface area contributed by atoms with E-state index in [2.05, 4.69) is 60.1 Å². The van der Waals surface area contributed by atoms with Gasteiger partial charge in [0.2, 0.25) is 11.0 Å². The number of hydrogen-bond donors (Lipinski definition) is 0. The van der Waals surface area contributed by atoms with Crippen molar-refractivity contribution < 1.29 is 14.1 Å². The summed E-state index contributed by atoms with van der Waals surface area (Å²) in [6, 6.07) is 24.5. The Morgan fingerprint density at radius 1 is 0.846 bits per heavy atom. The SMILES string of the molecule is CCOC(=O)c1ccc(-c2c3ccccc3[n+](C)c3ccccc23)cc1. The summed E-state index contributed by atoms with van der Waals surface area (Å²) in [5.74, 6) is -0.284. The lowest BCUT2D eigenvalue weighted by Crippen LogP contribution is -2.30. The highest BCUT2D eigenvalue weighted by atomic mass is 16.5. The van der Waals surface area contributed by atoms with Crippen molar-refractivity contribution in [2.75, 3.05) is 6.61 Å². The number of hydrogen-bond acceptors (Lipinski definition) is 2. The molecule has 0 aliphatic carbocycles. The van der Waals surface area contributed by atoms with Crippen LogP contribution in [0.2, 0.25) is 0 Å². The molecule has 4 aromatic rings. The summed E-state index contributed by atoms with van der Waals surface area (Å²) in [5, 5.41) is 2.38. The minimum Gasteiger partial charge on any atom is -0.462 e. The van der Waals surface area contributed by atoms with Crippen LogP contribution >= 0.6 is 0 Å². The molecule has 0 bridgehead atoms. The molecular weight excluding hydrogens is 322 g/mol. The first-order chi connectivity index (χ1) is 12.7. The van der Waals surface area contributed by atoms with Gasteiger partial charge >= 0.3 is 5.97 Å². The van der Waals surface area contributed by atoms with Crippen LogP contribution in [0.3, 0.4) is 0 Å². The summed E-state index contributed by atoms with van der Waals surface area (Å²) in [6.45, 7) is 2.19. The second-order valence-corrected chi connectivity index (χ2v) is 6.27. The fraction of sp³-hybridized carbons (Fsp3) is 0.130. The number of ether oxygens (including phenoxy) is 1. The molecular formula is C23H20NO2+. The van der Waals surface area contributed by atoms with E-state index in [1.54, 1.807) is 0 Å². The number of nitrogens with zero attached hydrogens (tertiary/aromatic N) is 1. The van der Waals surface area contributed by atoms with E-state index in [0.29, 0.717) is 12.2 Å². The van der Waals surface area contributed by atoms with Crippen LogP contribution in [0.15, 0.2) is 72.8 Å². The molecule has 3 aromatic carbocycles. The van der Waals surface area contributed by atoms with Gasteiger partial charge in [-0.05, 0) is 36.8 Å². The van der Waals surface area contributed by atoms with E-state index in [9.17, 15) is 4.79 Å². The van der Waals surface area contributed by atoms with Crippen molar-refractivity contribution in [3.63, 3.8) is 0 Å². The number of aromatic nitrogens is 1.